The lowest BCUT2D eigenvalue weighted by Crippen LogP contribution is -2.14. The van der Waals surface area contributed by atoms with Crippen LogP contribution in [-0.2, 0) is 0 Å². The fraction of sp³-hybridized carbons (Fsp3) is 0. The van der Waals surface area contributed by atoms with Gasteiger partial charge in [-0.25, -0.2) is 0 Å². The Labute approximate surface area is 161 Å². The van der Waals surface area contributed by atoms with Crippen molar-refractivity contribution in [2.24, 2.45) is 0 Å². The molecule has 2 N–H and O–H groups in total. The number of aromatic amines is 2. The molecule has 0 aliphatic rings. The van der Waals surface area contributed by atoms with E-state index in [2.05, 4.69) is 25.3 Å². The summed E-state index contributed by atoms with van der Waals surface area (Å²) >= 11 is 12.0. The monoisotopic (exact) mass is 396 g/mol. The first kappa shape index (κ1) is 16.0. The third kappa shape index (κ3) is 2.68. The molecule has 0 aliphatic carbocycles. The van der Waals surface area contributed by atoms with E-state index in [-0.39, 0.29) is 5.56 Å². The minimum absolute atomic E-state index is 0.287. The number of H-pyrrole nitrogens is 2. The first-order valence-corrected chi connectivity index (χ1v) is 8.73. The first-order chi connectivity index (χ1) is 13.1. The van der Waals surface area contributed by atoms with Crippen molar-refractivity contribution in [3.05, 3.63) is 69.1 Å². The van der Waals surface area contributed by atoms with Crippen LogP contribution in [0.1, 0.15) is 0 Å². The second kappa shape index (κ2) is 5.94. The molecule has 5 aromatic rings. The van der Waals surface area contributed by atoms with Gasteiger partial charge in [-0.3, -0.25) is 9.89 Å². The Morgan fingerprint density at radius 2 is 1.81 bits per heavy atom. The molecule has 9 heteroatoms. The quantitative estimate of drug-likeness (QED) is 0.472. The van der Waals surface area contributed by atoms with E-state index in [1.807, 2.05) is 18.2 Å². The van der Waals surface area contributed by atoms with Crippen LogP contribution < -0.4 is 5.56 Å². The molecule has 3 aromatic heterocycles. The van der Waals surface area contributed by atoms with Crippen LogP contribution in [0.5, 0.6) is 0 Å². The molecule has 0 unspecified atom stereocenters. The van der Waals surface area contributed by atoms with E-state index < -0.39 is 0 Å². The van der Waals surface area contributed by atoms with Gasteiger partial charge < -0.3 is 4.98 Å². The minimum atomic E-state index is -0.287. The van der Waals surface area contributed by atoms with Crippen molar-refractivity contribution >= 4 is 39.9 Å². The van der Waals surface area contributed by atoms with E-state index in [0.717, 1.165) is 16.5 Å². The molecular weight excluding hydrogens is 387 g/mol. The zero-order valence-corrected chi connectivity index (χ0v) is 15.1. The molecular formula is C18H10Cl2N6O. The maximum Gasteiger partial charge on any atom is 0.276 e. The van der Waals surface area contributed by atoms with Crippen molar-refractivity contribution in [2.45, 2.75) is 0 Å². The van der Waals surface area contributed by atoms with Crippen LogP contribution >= 0.6 is 23.2 Å². The molecule has 0 fully saturated rings. The number of halogens is 2. The first-order valence-electron chi connectivity index (χ1n) is 7.97. The molecule has 0 spiro atoms. The van der Waals surface area contributed by atoms with Crippen molar-refractivity contribution in [3.63, 3.8) is 0 Å². The minimum Gasteiger partial charge on any atom is -0.323 e. The fourth-order valence-electron chi connectivity index (χ4n) is 2.91. The number of benzene rings is 2. The lowest BCUT2D eigenvalue weighted by molar-refractivity contribution is 0.904. The Balaban J connectivity index is 1.66. The average Bonchev–Trinajstić information content (AvgIpc) is 3.30. The third-order valence-corrected chi connectivity index (χ3v) is 5.00. The van der Waals surface area contributed by atoms with E-state index in [1.54, 1.807) is 24.4 Å². The van der Waals surface area contributed by atoms with Gasteiger partial charge >= 0.3 is 0 Å². The van der Waals surface area contributed by atoms with Gasteiger partial charge in [0.05, 0.1) is 27.5 Å². The summed E-state index contributed by atoms with van der Waals surface area (Å²) in [5.74, 6) is 0.718. The maximum absolute atomic E-state index is 12.5. The maximum atomic E-state index is 12.5. The number of hydrogen-bond donors (Lipinski definition) is 2. The molecule has 3 heterocycles. The van der Waals surface area contributed by atoms with Gasteiger partial charge in [0, 0.05) is 17.0 Å². The number of hydrogen-bond acceptors (Lipinski definition) is 4. The normalized spacial score (nSPS) is 11.5. The van der Waals surface area contributed by atoms with Crippen LogP contribution in [0.3, 0.4) is 0 Å². The summed E-state index contributed by atoms with van der Waals surface area (Å²) in [7, 11) is 0. The summed E-state index contributed by atoms with van der Waals surface area (Å²) in [5, 5.41) is 13.0. The van der Waals surface area contributed by atoms with Crippen molar-refractivity contribution < 1.29 is 0 Å². The van der Waals surface area contributed by atoms with Crippen molar-refractivity contribution in [1.29, 1.82) is 0 Å². The molecule has 5 rings (SSSR count). The Hall–Kier alpha value is -3.16. The topological polar surface area (TPSA) is 91.7 Å². The van der Waals surface area contributed by atoms with E-state index in [1.165, 1.54) is 10.6 Å². The molecule has 0 bridgehead atoms. The van der Waals surface area contributed by atoms with E-state index >= 15 is 0 Å². The zero-order chi connectivity index (χ0) is 18.5. The van der Waals surface area contributed by atoms with Gasteiger partial charge in [0.15, 0.2) is 5.82 Å². The van der Waals surface area contributed by atoms with Crippen molar-refractivity contribution in [2.75, 3.05) is 0 Å². The molecule has 2 aromatic carbocycles. The van der Waals surface area contributed by atoms with Crippen LogP contribution in [0, 0.1) is 0 Å². The smallest absolute Gasteiger partial charge is 0.276 e. The molecule has 0 saturated heterocycles. The molecule has 0 saturated carbocycles. The van der Waals surface area contributed by atoms with Gasteiger partial charge in [-0.05, 0) is 35.9 Å². The second-order valence-corrected chi connectivity index (χ2v) is 6.81. The molecule has 0 radical (unpaired) electrons. The number of nitrogens with one attached hydrogen (secondary N) is 2. The Morgan fingerprint density at radius 3 is 2.67 bits per heavy atom. The predicted octanol–water partition coefficient (Wildman–Crippen LogP) is 3.93. The van der Waals surface area contributed by atoms with Gasteiger partial charge in [-0.15, -0.1) is 5.10 Å². The summed E-state index contributed by atoms with van der Waals surface area (Å²) in [6.45, 7) is 0. The summed E-state index contributed by atoms with van der Waals surface area (Å²) in [5.41, 5.74) is 2.80. The molecule has 0 aliphatic heterocycles. The van der Waals surface area contributed by atoms with Gasteiger partial charge in [0.1, 0.15) is 0 Å². The third-order valence-electron chi connectivity index (χ3n) is 4.26. The molecule has 7 nitrogen and oxygen atoms in total. The van der Waals surface area contributed by atoms with Crippen LogP contribution in [0.2, 0.25) is 10.0 Å². The number of rotatable bonds is 2. The SMILES string of the molecule is O=c1cc(-c2ccc3[nH]ncc3c2)[nH]c2nc(-c3ccc(Cl)c(Cl)c3)nn12. The lowest BCUT2D eigenvalue weighted by Gasteiger charge is -2.02. The Kier molecular flexibility index (Phi) is 3.53. The van der Waals surface area contributed by atoms with Gasteiger partial charge in [-0.2, -0.15) is 14.6 Å². The Morgan fingerprint density at radius 1 is 0.963 bits per heavy atom. The molecule has 27 heavy (non-hydrogen) atoms. The fourth-order valence-corrected chi connectivity index (χ4v) is 3.21. The highest BCUT2D eigenvalue weighted by molar-refractivity contribution is 6.42. The summed E-state index contributed by atoms with van der Waals surface area (Å²) in [6.07, 6.45) is 1.73. The van der Waals surface area contributed by atoms with E-state index in [0.29, 0.717) is 32.9 Å². The highest BCUT2D eigenvalue weighted by Crippen LogP contribution is 2.27. The van der Waals surface area contributed by atoms with Crippen LogP contribution in [-0.4, -0.2) is 29.8 Å². The highest BCUT2D eigenvalue weighted by Gasteiger charge is 2.12. The van der Waals surface area contributed by atoms with Crippen molar-refractivity contribution in [3.8, 4) is 22.6 Å². The van der Waals surface area contributed by atoms with Gasteiger partial charge in [0.2, 0.25) is 5.78 Å². The molecule has 132 valence electrons. The second-order valence-electron chi connectivity index (χ2n) is 5.99. The van der Waals surface area contributed by atoms with E-state index in [9.17, 15) is 4.79 Å². The van der Waals surface area contributed by atoms with Gasteiger partial charge in [0.25, 0.3) is 5.56 Å². The summed E-state index contributed by atoms with van der Waals surface area (Å²) in [4.78, 5) is 20.1. The van der Waals surface area contributed by atoms with Gasteiger partial charge in [-0.1, -0.05) is 29.3 Å². The number of aromatic nitrogens is 6. The standard InChI is InChI=1S/C18H10Cl2N6O/c19-12-3-1-10(6-13(12)20)17-23-18-22-15(7-16(27)26(18)25-17)9-2-4-14-11(5-9)8-21-24-14/h1-8H,(H,21,24)(H,22,23,25). The predicted molar refractivity (Wildman–Crippen MR) is 104 cm³/mol. The number of nitrogens with zero attached hydrogens (tertiary/aromatic N) is 4. The molecule has 0 amide bonds. The van der Waals surface area contributed by atoms with Crippen LogP contribution in [0.15, 0.2) is 53.5 Å². The Bertz CT molecular complexity index is 1380. The largest absolute Gasteiger partial charge is 0.323 e. The highest BCUT2D eigenvalue weighted by atomic mass is 35.5. The average molecular weight is 397 g/mol. The summed E-state index contributed by atoms with van der Waals surface area (Å²) in [6, 6.07) is 12.3. The van der Waals surface area contributed by atoms with Crippen LogP contribution in [0.4, 0.5) is 0 Å². The van der Waals surface area contributed by atoms with Crippen molar-refractivity contribution in [1.82, 2.24) is 29.8 Å². The summed E-state index contributed by atoms with van der Waals surface area (Å²) < 4.78 is 1.22. The van der Waals surface area contributed by atoms with E-state index in [4.69, 9.17) is 23.2 Å². The number of fused-ring (bicyclic) bond motifs is 2. The lowest BCUT2D eigenvalue weighted by atomic mass is 10.1. The zero-order valence-electron chi connectivity index (χ0n) is 13.6. The molecule has 0 atom stereocenters. The van der Waals surface area contributed by atoms with Crippen LogP contribution in [0.25, 0.3) is 39.3 Å².